The maximum atomic E-state index is 5.81. The molecule has 0 fully saturated rings. The molecule has 0 aliphatic carbocycles. The van der Waals surface area contributed by atoms with Crippen molar-refractivity contribution in [2.75, 3.05) is 7.11 Å². The van der Waals surface area contributed by atoms with Crippen molar-refractivity contribution < 1.29 is 4.74 Å². The minimum atomic E-state index is 0.414. The Hall–Kier alpha value is -2.92. The SMILES string of the molecule is COc1ccc(-c2cn3c(=S)c(-c4ccccc4C(C)C)cnc3[nH]2)cc1. The predicted octanol–water partition coefficient (Wildman–Crippen LogP) is 5.86. The van der Waals surface area contributed by atoms with Crippen LogP contribution in [0.3, 0.4) is 0 Å². The Morgan fingerprint density at radius 2 is 1.78 bits per heavy atom. The number of aromatic amines is 1. The monoisotopic (exact) mass is 375 g/mol. The van der Waals surface area contributed by atoms with Gasteiger partial charge in [0.2, 0.25) is 5.78 Å². The highest BCUT2D eigenvalue weighted by Crippen LogP contribution is 2.30. The topological polar surface area (TPSA) is 42.3 Å². The van der Waals surface area contributed by atoms with Gasteiger partial charge < -0.3 is 9.72 Å². The standard InChI is InChI=1S/C22H21N3OS/c1-14(2)17-6-4-5-7-18(17)19-12-23-22-24-20(13-25(22)21(19)27)15-8-10-16(26-3)11-9-15/h4-14H,1-3H3,(H,23,24). The molecule has 0 unspecified atom stereocenters. The van der Waals surface area contributed by atoms with Crippen LogP contribution < -0.4 is 4.74 Å². The van der Waals surface area contributed by atoms with Crippen LogP contribution in [-0.4, -0.2) is 21.5 Å². The van der Waals surface area contributed by atoms with Crippen LogP contribution in [0.4, 0.5) is 0 Å². The molecule has 136 valence electrons. The van der Waals surface area contributed by atoms with Crippen LogP contribution in [0.2, 0.25) is 0 Å². The molecule has 0 aliphatic heterocycles. The van der Waals surface area contributed by atoms with Gasteiger partial charge in [-0.25, -0.2) is 4.98 Å². The lowest BCUT2D eigenvalue weighted by Crippen LogP contribution is -1.97. The van der Waals surface area contributed by atoms with E-state index in [0.717, 1.165) is 38.6 Å². The molecule has 0 amide bonds. The average molecular weight is 375 g/mol. The Morgan fingerprint density at radius 1 is 1.04 bits per heavy atom. The summed E-state index contributed by atoms with van der Waals surface area (Å²) in [6.07, 6.45) is 3.88. The van der Waals surface area contributed by atoms with Crippen LogP contribution in [0.25, 0.3) is 28.2 Å². The molecule has 0 spiro atoms. The number of methoxy groups -OCH3 is 1. The van der Waals surface area contributed by atoms with E-state index < -0.39 is 0 Å². The van der Waals surface area contributed by atoms with Crippen molar-refractivity contribution in [2.24, 2.45) is 0 Å². The molecule has 2 heterocycles. The molecule has 5 heteroatoms. The summed E-state index contributed by atoms with van der Waals surface area (Å²) in [5.41, 5.74) is 5.42. The fraction of sp³-hybridized carbons (Fsp3) is 0.182. The first-order valence-corrected chi connectivity index (χ1v) is 9.33. The van der Waals surface area contributed by atoms with Crippen LogP contribution in [-0.2, 0) is 0 Å². The van der Waals surface area contributed by atoms with Crippen LogP contribution in [0.5, 0.6) is 5.75 Å². The van der Waals surface area contributed by atoms with E-state index in [1.807, 2.05) is 47.1 Å². The number of fused-ring (bicyclic) bond motifs is 1. The third kappa shape index (κ3) is 3.15. The molecule has 0 saturated carbocycles. The summed E-state index contributed by atoms with van der Waals surface area (Å²) < 4.78 is 7.93. The summed E-state index contributed by atoms with van der Waals surface area (Å²) in [4.78, 5) is 7.97. The van der Waals surface area contributed by atoms with Crippen LogP contribution in [0.15, 0.2) is 60.9 Å². The fourth-order valence-electron chi connectivity index (χ4n) is 3.31. The highest BCUT2D eigenvalue weighted by atomic mass is 32.1. The Bertz CT molecular complexity index is 1160. The summed E-state index contributed by atoms with van der Waals surface area (Å²) in [6, 6.07) is 16.3. The van der Waals surface area contributed by atoms with Crippen LogP contribution in [0, 0.1) is 4.64 Å². The second kappa shape index (κ2) is 7.00. The van der Waals surface area contributed by atoms with Gasteiger partial charge in [0, 0.05) is 18.0 Å². The minimum Gasteiger partial charge on any atom is -0.497 e. The van der Waals surface area contributed by atoms with E-state index in [-0.39, 0.29) is 0 Å². The number of hydrogen-bond donors (Lipinski definition) is 1. The van der Waals surface area contributed by atoms with Crippen molar-refractivity contribution in [1.29, 1.82) is 0 Å². The molecule has 1 N–H and O–H groups in total. The van der Waals surface area contributed by atoms with Gasteiger partial charge in [-0.3, -0.25) is 4.40 Å². The Kier molecular flexibility index (Phi) is 4.54. The molecule has 0 bridgehead atoms. The van der Waals surface area contributed by atoms with Gasteiger partial charge in [0.25, 0.3) is 0 Å². The first-order valence-electron chi connectivity index (χ1n) is 8.92. The van der Waals surface area contributed by atoms with E-state index >= 15 is 0 Å². The summed E-state index contributed by atoms with van der Waals surface area (Å²) in [5, 5.41) is 0. The van der Waals surface area contributed by atoms with E-state index in [9.17, 15) is 0 Å². The molecular formula is C22H21N3OS. The number of ether oxygens (including phenoxy) is 1. The van der Waals surface area contributed by atoms with Crippen LogP contribution in [0.1, 0.15) is 25.3 Å². The van der Waals surface area contributed by atoms with Gasteiger partial charge in [-0.15, -0.1) is 0 Å². The van der Waals surface area contributed by atoms with Gasteiger partial charge in [-0.05, 0) is 46.9 Å². The highest BCUT2D eigenvalue weighted by Gasteiger charge is 2.13. The number of aromatic nitrogens is 3. The average Bonchev–Trinajstić information content (AvgIpc) is 3.13. The van der Waals surface area contributed by atoms with Gasteiger partial charge in [-0.1, -0.05) is 50.3 Å². The minimum absolute atomic E-state index is 0.414. The van der Waals surface area contributed by atoms with E-state index in [0.29, 0.717) is 5.92 Å². The smallest absolute Gasteiger partial charge is 0.212 e. The van der Waals surface area contributed by atoms with Crippen LogP contribution >= 0.6 is 12.2 Å². The van der Waals surface area contributed by atoms with E-state index in [1.165, 1.54) is 5.56 Å². The fourth-order valence-corrected chi connectivity index (χ4v) is 3.61. The Morgan fingerprint density at radius 3 is 2.48 bits per heavy atom. The lowest BCUT2D eigenvalue weighted by atomic mass is 9.94. The molecule has 4 nitrogen and oxygen atoms in total. The third-order valence-corrected chi connectivity index (χ3v) is 5.19. The van der Waals surface area contributed by atoms with Gasteiger partial charge in [0.05, 0.1) is 12.8 Å². The summed E-state index contributed by atoms with van der Waals surface area (Å²) in [7, 11) is 1.66. The number of H-pyrrole nitrogens is 1. The Labute approximate surface area is 163 Å². The molecule has 4 aromatic rings. The van der Waals surface area contributed by atoms with Gasteiger partial charge in [0.15, 0.2) is 0 Å². The van der Waals surface area contributed by atoms with Crippen molar-refractivity contribution in [3.8, 4) is 28.1 Å². The first-order chi connectivity index (χ1) is 13.1. The zero-order valence-corrected chi connectivity index (χ0v) is 16.4. The predicted molar refractivity (Wildman–Crippen MR) is 112 cm³/mol. The van der Waals surface area contributed by atoms with Crippen molar-refractivity contribution in [1.82, 2.24) is 14.4 Å². The zero-order valence-electron chi connectivity index (χ0n) is 15.6. The maximum absolute atomic E-state index is 5.81. The molecule has 0 atom stereocenters. The summed E-state index contributed by atoms with van der Waals surface area (Å²) >= 11 is 5.81. The number of rotatable bonds is 4. The molecule has 0 radical (unpaired) electrons. The molecule has 4 rings (SSSR count). The number of nitrogens with one attached hydrogen (secondary N) is 1. The second-order valence-electron chi connectivity index (χ2n) is 6.81. The van der Waals surface area contributed by atoms with E-state index in [1.54, 1.807) is 7.11 Å². The quantitative estimate of drug-likeness (QED) is 0.454. The van der Waals surface area contributed by atoms with Crippen molar-refractivity contribution >= 4 is 18.0 Å². The van der Waals surface area contributed by atoms with E-state index in [4.69, 9.17) is 17.0 Å². The third-order valence-electron chi connectivity index (χ3n) is 4.77. The number of nitrogens with zero attached hydrogens (tertiary/aromatic N) is 2. The maximum Gasteiger partial charge on any atom is 0.212 e. The van der Waals surface area contributed by atoms with Gasteiger partial charge in [-0.2, -0.15) is 0 Å². The van der Waals surface area contributed by atoms with Crippen molar-refractivity contribution in [3.63, 3.8) is 0 Å². The summed E-state index contributed by atoms with van der Waals surface area (Å²) in [5.74, 6) is 1.98. The molecule has 0 aliphatic rings. The van der Waals surface area contributed by atoms with Crippen molar-refractivity contribution in [3.05, 3.63) is 71.1 Å². The molecular weight excluding hydrogens is 354 g/mol. The number of imidazole rings is 1. The normalized spacial score (nSPS) is 11.3. The second-order valence-corrected chi connectivity index (χ2v) is 7.20. The zero-order chi connectivity index (χ0) is 19.0. The van der Waals surface area contributed by atoms with Gasteiger partial charge in [0.1, 0.15) is 10.4 Å². The Balaban J connectivity index is 1.85. The van der Waals surface area contributed by atoms with Crippen molar-refractivity contribution in [2.45, 2.75) is 19.8 Å². The largest absolute Gasteiger partial charge is 0.497 e. The first kappa shape index (κ1) is 17.5. The summed E-state index contributed by atoms with van der Waals surface area (Å²) in [6.45, 7) is 4.39. The number of hydrogen-bond acceptors (Lipinski definition) is 3. The lowest BCUT2D eigenvalue weighted by molar-refractivity contribution is 0.415. The molecule has 27 heavy (non-hydrogen) atoms. The molecule has 2 aromatic heterocycles. The highest BCUT2D eigenvalue weighted by molar-refractivity contribution is 7.71. The van der Waals surface area contributed by atoms with Gasteiger partial charge >= 0.3 is 0 Å². The lowest BCUT2D eigenvalue weighted by Gasteiger charge is -2.12. The number of benzene rings is 2. The molecule has 2 aromatic carbocycles. The van der Waals surface area contributed by atoms with E-state index in [2.05, 4.69) is 42.0 Å². The molecule has 0 saturated heterocycles.